The van der Waals surface area contributed by atoms with E-state index in [9.17, 15) is 13.6 Å². The summed E-state index contributed by atoms with van der Waals surface area (Å²) in [6.07, 6.45) is 3.79. The maximum atomic E-state index is 12.6. The second-order valence-corrected chi connectivity index (χ2v) is 5.95. The number of carbonyl (C=O) groups is 1. The SMILES string of the molecule is O=C(Nc1ccc(OC(F)F)c(Cl)c1)c1cccnc1N1CCCC1. The van der Waals surface area contributed by atoms with E-state index in [-0.39, 0.29) is 16.7 Å². The Hall–Kier alpha value is -2.41. The second-order valence-electron chi connectivity index (χ2n) is 5.55. The van der Waals surface area contributed by atoms with Crippen LogP contribution < -0.4 is 15.0 Å². The molecule has 0 radical (unpaired) electrons. The van der Waals surface area contributed by atoms with Gasteiger partial charge in [0.1, 0.15) is 11.6 Å². The summed E-state index contributed by atoms with van der Waals surface area (Å²) in [7, 11) is 0. The second kappa shape index (κ2) is 7.65. The number of nitrogens with one attached hydrogen (secondary N) is 1. The van der Waals surface area contributed by atoms with E-state index < -0.39 is 6.61 Å². The fraction of sp³-hybridized carbons (Fsp3) is 0.294. The van der Waals surface area contributed by atoms with Gasteiger partial charge in [-0.2, -0.15) is 8.78 Å². The molecule has 1 saturated heterocycles. The highest BCUT2D eigenvalue weighted by Crippen LogP contribution is 2.29. The minimum Gasteiger partial charge on any atom is -0.433 e. The van der Waals surface area contributed by atoms with Gasteiger partial charge in [0.15, 0.2) is 0 Å². The van der Waals surface area contributed by atoms with E-state index in [1.807, 2.05) is 0 Å². The number of carbonyl (C=O) groups excluding carboxylic acids is 1. The van der Waals surface area contributed by atoms with Crippen molar-refractivity contribution in [3.63, 3.8) is 0 Å². The predicted octanol–water partition coefficient (Wildman–Crippen LogP) is 4.19. The van der Waals surface area contributed by atoms with Gasteiger partial charge in [0.2, 0.25) is 0 Å². The van der Waals surface area contributed by atoms with E-state index in [0.717, 1.165) is 25.9 Å². The summed E-state index contributed by atoms with van der Waals surface area (Å²) < 4.78 is 28.8. The lowest BCUT2D eigenvalue weighted by Crippen LogP contribution is -2.24. The van der Waals surface area contributed by atoms with Gasteiger partial charge in [-0.25, -0.2) is 4.98 Å². The maximum Gasteiger partial charge on any atom is 0.387 e. The third-order valence-electron chi connectivity index (χ3n) is 3.84. The molecule has 1 aromatic carbocycles. The number of nitrogens with zero attached hydrogens (tertiary/aromatic N) is 2. The highest BCUT2D eigenvalue weighted by Gasteiger charge is 2.21. The van der Waals surface area contributed by atoms with E-state index >= 15 is 0 Å². The summed E-state index contributed by atoms with van der Waals surface area (Å²) in [5, 5.41) is 2.70. The molecule has 1 fully saturated rings. The Balaban J connectivity index is 1.78. The third kappa shape index (κ3) is 4.17. The molecule has 1 N–H and O–H groups in total. The molecule has 2 aromatic rings. The number of alkyl halides is 2. The predicted molar refractivity (Wildman–Crippen MR) is 91.7 cm³/mol. The van der Waals surface area contributed by atoms with Crippen LogP contribution in [0, 0.1) is 0 Å². The maximum absolute atomic E-state index is 12.6. The van der Waals surface area contributed by atoms with Gasteiger partial charge < -0.3 is 15.0 Å². The molecule has 25 heavy (non-hydrogen) atoms. The number of benzene rings is 1. The van der Waals surface area contributed by atoms with E-state index in [0.29, 0.717) is 17.1 Å². The van der Waals surface area contributed by atoms with Gasteiger partial charge in [0, 0.05) is 25.0 Å². The summed E-state index contributed by atoms with van der Waals surface area (Å²) in [5.74, 6) is 0.156. The van der Waals surface area contributed by atoms with Gasteiger partial charge >= 0.3 is 6.61 Å². The number of hydrogen-bond donors (Lipinski definition) is 1. The highest BCUT2D eigenvalue weighted by molar-refractivity contribution is 6.32. The van der Waals surface area contributed by atoms with Crippen LogP contribution in [-0.2, 0) is 0 Å². The Labute approximate surface area is 148 Å². The van der Waals surface area contributed by atoms with Crippen molar-refractivity contribution in [2.24, 2.45) is 0 Å². The van der Waals surface area contributed by atoms with Gasteiger partial charge in [-0.3, -0.25) is 4.79 Å². The van der Waals surface area contributed by atoms with Crippen LogP contribution in [-0.4, -0.2) is 30.6 Å². The van der Waals surface area contributed by atoms with Crippen molar-refractivity contribution < 1.29 is 18.3 Å². The Kier molecular flexibility index (Phi) is 5.33. The number of pyridine rings is 1. The number of aromatic nitrogens is 1. The first-order valence-corrected chi connectivity index (χ1v) is 8.18. The zero-order valence-corrected chi connectivity index (χ0v) is 14.0. The van der Waals surface area contributed by atoms with Crippen molar-refractivity contribution in [2.75, 3.05) is 23.3 Å². The third-order valence-corrected chi connectivity index (χ3v) is 4.14. The lowest BCUT2D eigenvalue weighted by Gasteiger charge is -2.19. The van der Waals surface area contributed by atoms with Gasteiger partial charge in [-0.1, -0.05) is 11.6 Å². The van der Waals surface area contributed by atoms with Crippen molar-refractivity contribution >= 4 is 29.0 Å². The summed E-state index contributed by atoms with van der Waals surface area (Å²) >= 11 is 5.91. The standard InChI is InChI=1S/C17H16ClF2N3O2/c18-13-10-11(5-6-14(13)25-17(19)20)22-16(24)12-4-3-7-21-15(12)23-8-1-2-9-23/h3-7,10,17H,1-2,8-9H2,(H,22,24). The van der Waals surface area contributed by atoms with Crippen molar-refractivity contribution in [3.8, 4) is 5.75 Å². The molecule has 5 nitrogen and oxygen atoms in total. The quantitative estimate of drug-likeness (QED) is 0.861. The molecule has 8 heteroatoms. The van der Waals surface area contributed by atoms with Crippen LogP contribution in [0.25, 0.3) is 0 Å². The average molecular weight is 368 g/mol. The van der Waals surface area contributed by atoms with Crippen LogP contribution in [0.5, 0.6) is 5.75 Å². The van der Waals surface area contributed by atoms with Crippen LogP contribution >= 0.6 is 11.6 Å². The van der Waals surface area contributed by atoms with Crippen molar-refractivity contribution in [3.05, 3.63) is 47.1 Å². The van der Waals surface area contributed by atoms with Crippen LogP contribution in [0.2, 0.25) is 5.02 Å². The summed E-state index contributed by atoms with van der Waals surface area (Å²) in [5.41, 5.74) is 0.835. The van der Waals surface area contributed by atoms with Crippen molar-refractivity contribution in [2.45, 2.75) is 19.5 Å². The molecule has 1 aliphatic heterocycles. The molecule has 0 saturated carbocycles. The Morgan fingerprint density at radius 1 is 1.28 bits per heavy atom. The number of rotatable bonds is 5. The smallest absolute Gasteiger partial charge is 0.387 e. The Bertz CT molecular complexity index is 767. The van der Waals surface area contributed by atoms with Crippen LogP contribution in [0.15, 0.2) is 36.5 Å². The molecule has 0 bridgehead atoms. The molecule has 3 rings (SSSR count). The fourth-order valence-electron chi connectivity index (χ4n) is 2.72. The first kappa shape index (κ1) is 17.4. The van der Waals surface area contributed by atoms with Crippen LogP contribution in [0.1, 0.15) is 23.2 Å². The molecule has 132 valence electrons. The molecule has 1 amide bonds. The molecule has 2 heterocycles. The minimum atomic E-state index is -2.96. The minimum absolute atomic E-state index is 0.0101. The molecule has 0 aliphatic carbocycles. The lowest BCUT2D eigenvalue weighted by atomic mass is 10.2. The first-order valence-electron chi connectivity index (χ1n) is 7.80. The molecule has 1 aliphatic rings. The fourth-order valence-corrected chi connectivity index (χ4v) is 2.95. The van der Waals surface area contributed by atoms with Gasteiger partial charge in [0.25, 0.3) is 5.91 Å². The first-order chi connectivity index (χ1) is 12.0. The number of anilines is 2. The summed E-state index contributed by atoms with van der Waals surface area (Å²) in [6.45, 7) is -1.23. The monoisotopic (exact) mass is 367 g/mol. The highest BCUT2D eigenvalue weighted by atomic mass is 35.5. The van der Waals surface area contributed by atoms with Crippen molar-refractivity contribution in [1.82, 2.24) is 4.98 Å². The topological polar surface area (TPSA) is 54.5 Å². The molecule has 1 aromatic heterocycles. The van der Waals surface area contributed by atoms with Gasteiger partial charge in [-0.15, -0.1) is 0 Å². The van der Waals surface area contributed by atoms with E-state index in [1.54, 1.807) is 18.3 Å². The number of halogens is 3. The Morgan fingerprint density at radius 3 is 2.72 bits per heavy atom. The Morgan fingerprint density at radius 2 is 2.04 bits per heavy atom. The molecule has 0 atom stereocenters. The van der Waals surface area contributed by atoms with E-state index in [1.165, 1.54) is 18.2 Å². The molecule has 0 unspecified atom stereocenters. The number of hydrogen-bond acceptors (Lipinski definition) is 4. The zero-order valence-electron chi connectivity index (χ0n) is 13.2. The molecule has 0 spiro atoms. The molecular formula is C17H16ClF2N3O2. The molecular weight excluding hydrogens is 352 g/mol. The summed E-state index contributed by atoms with van der Waals surface area (Å²) in [4.78, 5) is 19.0. The van der Waals surface area contributed by atoms with Gasteiger partial charge in [0.05, 0.1) is 10.6 Å². The van der Waals surface area contributed by atoms with E-state index in [4.69, 9.17) is 11.6 Å². The number of amides is 1. The van der Waals surface area contributed by atoms with Crippen LogP contribution in [0.3, 0.4) is 0 Å². The largest absolute Gasteiger partial charge is 0.433 e. The van der Waals surface area contributed by atoms with Crippen molar-refractivity contribution in [1.29, 1.82) is 0 Å². The average Bonchev–Trinajstić information content (AvgIpc) is 3.11. The summed E-state index contributed by atoms with van der Waals surface area (Å²) in [6, 6.07) is 7.50. The van der Waals surface area contributed by atoms with Crippen LogP contribution in [0.4, 0.5) is 20.3 Å². The van der Waals surface area contributed by atoms with E-state index in [2.05, 4.69) is 19.9 Å². The zero-order chi connectivity index (χ0) is 17.8. The normalized spacial score (nSPS) is 14.0. The van der Waals surface area contributed by atoms with Gasteiger partial charge in [-0.05, 0) is 43.2 Å². The number of ether oxygens (including phenoxy) is 1. The lowest BCUT2D eigenvalue weighted by molar-refractivity contribution is -0.0497.